The highest BCUT2D eigenvalue weighted by molar-refractivity contribution is 7.92. The first-order valence-electron chi connectivity index (χ1n) is 4.52. The van der Waals surface area contributed by atoms with Crippen LogP contribution in [0.3, 0.4) is 0 Å². The van der Waals surface area contributed by atoms with Crippen LogP contribution in [0.25, 0.3) is 0 Å². The van der Waals surface area contributed by atoms with Crippen molar-refractivity contribution in [3.63, 3.8) is 0 Å². The van der Waals surface area contributed by atoms with E-state index in [-0.39, 0.29) is 17.3 Å². The summed E-state index contributed by atoms with van der Waals surface area (Å²) >= 11 is 0. The molecule has 0 saturated heterocycles. The lowest BCUT2D eigenvalue weighted by molar-refractivity contribution is 0.0588. The van der Waals surface area contributed by atoms with Crippen molar-refractivity contribution in [2.45, 2.75) is 6.92 Å². The molecule has 0 radical (unpaired) electrons. The molecule has 0 amide bonds. The van der Waals surface area contributed by atoms with Crippen molar-refractivity contribution >= 4 is 21.8 Å². The Hall–Kier alpha value is -1.57. The van der Waals surface area contributed by atoms with E-state index in [1.807, 2.05) is 0 Å². The quantitative estimate of drug-likeness (QED) is 0.754. The Morgan fingerprint density at radius 1 is 1.62 bits per heavy atom. The molecule has 0 spiro atoms. The second kappa shape index (κ2) is 4.52. The maximum Gasteiger partial charge on any atom is 0.356 e. The van der Waals surface area contributed by atoms with Gasteiger partial charge in [-0.15, -0.1) is 0 Å². The second-order valence-corrected chi connectivity index (χ2v) is 5.05. The maximum absolute atomic E-state index is 11.3. The van der Waals surface area contributed by atoms with E-state index < -0.39 is 16.0 Å². The minimum Gasteiger partial charge on any atom is -0.464 e. The summed E-state index contributed by atoms with van der Waals surface area (Å²) in [5, 5.41) is 3.84. The van der Waals surface area contributed by atoms with Gasteiger partial charge in [-0.05, 0) is 6.92 Å². The average molecular weight is 247 g/mol. The minimum absolute atomic E-state index is 0.0584. The summed E-state index contributed by atoms with van der Waals surface area (Å²) in [6.45, 7) is 1.51. The number of nitrogens with one attached hydrogen (secondary N) is 1. The molecule has 0 atom stereocenters. The molecular weight excluding hydrogens is 234 g/mol. The predicted molar refractivity (Wildman–Crippen MR) is 57.6 cm³/mol. The van der Waals surface area contributed by atoms with Crippen molar-refractivity contribution in [3.05, 3.63) is 11.8 Å². The first-order valence-corrected chi connectivity index (χ1v) is 6.17. The Morgan fingerprint density at radius 3 is 2.75 bits per heavy atom. The molecule has 0 aliphatic heterocycles. The number of methoxy groups -OCH3 is 1. The molecule has 0 saturated carbocycles. The van der Waals surface area contributed by atoms with Gasteiger partial charge in [0.05, 0.1) is 12.9 Å². The van der Waals surface area contributed by atoms with Crippen LogP contribution >= 0.6 is 0 Å². The number of nitrogens with zero attached hydrogens (tertiary/aromatic N) is 2. The fourth-order valence-electron chi connectivity index (χ4n) is 1.04. The zero-order chi connectivity index (χ0) is 12.3. The van der Waals surface area contributed by atoms with E-state index in [9.17, 15) is 13.2 Å². The number of hydrogen-bond acceptors (Lipinski definition) is 5. The van der Waals surface area contributed by atoms with Gasteiger partial charge in [0.15, 0.2) is 5.82 Å². The van der Waals surface area contributed by atoms with Crippen LogP contribution in [0.5, 0.6) is 0 Å². The molecule has 8 heteroatoms. The third-order valence-corrected chi connectivity index (χ3v) is 3.19. The summed E-state index contributed by atoms with van der Waals surface area (Å²) in [5.41, 5.74) is 0.177. The van der Waals surface area contributed by atoms with Crippen molar-refractivity contribution in [1.82, 2.24) is 9.78 Å². The zero-order valence-electron chi connectivity index (χ0n) is 9.22. The molecule has 1 aromatic rings. The van der Waals surface area contributed by atoms with Crippen LogP contribution in [-0.4, -0.2) is 37.0 Å². The van der Waals surface area contributed by atoms with Gasteiger partial charge >= 0.3 is 5.97 Å². The SMILES string of the molecule is CCS(=O)(=O)Nc1cc(C(=O)OC)n(C)n1. The van der Waals surface area contributed by atoms with E-state index >= 15 is 0 Å². The lowest BCUT2D eigenvalue weighted by Crippen LogP contribution is -2.15. The molecule has 0 unspecified atom stereocenters. The number of aryl methyl sites for hydroxylation is 1. The summed E-state index contributed by atoms with van der Waals surface area (Å²) in [7, 11) is -0.621. The number of sulfonamides is 1. The van der Waals surface area contributed by atoms with Gasteiger partial charge in [0.25, 0.3) is 0 Å². The average Bonchev–Trinajstić information content (AvgIpc) is 2.57. The summed E-state index contributed by atoms with van der Waals surface area (Å²) < 4.78 is 30.5. The summed E-state index contributed by atoms with van der Waals surface area (Å²) in [5.74, 6) is -0.529. The normalized spacial score (nSPS) is 11.2. The number of carbonyl (C=O) groups is 1. The van der Waals surface area contributed by atoms with E-state index in [4.69, 9.17) is 0 Å². The molecule has 1 aromatic heterocycles. The van der Waals surface area contributed by atoms with E-state index in [1.54, 1.807) is 0 Å². The topological polar surface area (TPSA) is 90.3 Å². The minimum atomic E-state index is -3.39. The maximum atomic E-state index is 11.3. The first kappa shape index (κ1) is 12.5. The molecule has 1 heterocycles. The molecule has 1 rings (SSSR count). The van der Waals surface area contributed by atoms with E-state index in [2.05, 4.69) is 14.6 Å². The molecule has 16 heavy (non-hydrogen) atoms. The lowest BCUT2D eigenvalue weighted by atomic mass is 10.4. The number of rotatable bonds is 4. The fourth-order valence-corrected chi connectivity index (χ4v) is 1.61. The number of ether oxygens (including phenoxy) is 1. The molecule has 0 bridgehead atoms. The van der Waals surface area contributed by atoms with Crippen LogP contribution in [0.1, 0.15) is 17.4 Å². The van der Waals surface area contributed by atoms with Gasteiger partial charge in [-0.1, -0.05) is 0 Å². The van der Waals surface area contributed by atoms with Gasteiger partial charge in [-0.3, -0.25) is 9.40 Å². The third-order valence-electron chi connectivity index (χ3n) is 1.91. The van der Waals surface area contributed by atoms with E-state index in [0.717, 1.165) is 0 Å². The molecule has 7 nitrogen and oxygen atoms in total. The van der Waals surface area contributed by atoms with Gasteiger partial charge in [-0.2, -0.15) is 5.10 Å². The number of hydrogen-bond donors (Lipinski definition) is 1. The van der Waals surface area contributed by atoms with Gasteiger partial charge in [0.2, 0.25) is 10.0 Å². The standard InChI is InChI=1S/C8H13N3O4S/c1-4-16(13,14)10-7-5-6(8(12)15-3)11(2)9-7/h5H,4H2,1-3H3,(H,9,10). The van der Waals surface area contributed by atoms with Gasteiger partial charge in [0.1, 0.15) is 5.69 Å². The molecule has 90 valence electrons. The van der Waals surface area contributed by atoms with E-state index in [1.165, 1.54) is 31.8 Å². The Labute approximate surface area is 93.4 Å². The molecule has 0 aliphatic rings. The lowest BCUT2D eigenvalue weighted by Gasteiger charge is -2.00. The molecule has 0 fully saturated rings. The number of anilines is 1. The Bertz CT molecular complexity index is 491. The smallest absolute Gasteiger partial charge is 0.356 e. The van der Waals surface area contributed by atoms with Crippen LogP contribution in [-0.2, 0) is 21.8 Å². The van der Waals surface area contributed by atoms with Crippen molar-refractivity contribution < 1.29 is 17.9 Å². The second-order valence-electron chi connectivity index (χ2n) is 3.04. The van der Waals surface area contributed by atoms with Gasteiger partial charge in [-0.25, -0.2) is 13.2 Å². The molecular formula is C8H13N3O4S. The monoisotopic (exact) mass is 247 g/mol. The predicted octanol–water partition coefficient (Wildman–Crippen LogP) is -0.0317. The van der Waals surface area contributed by atoms with Gasteiger partial charge < -0.3 is 4.74 Å². The Balaban J connectivity index is 2.98. The van der Waals surface area contributed by atoms with Crippen LogP contribution in [0.2, 0.25) is 0 Å². The van der Waals surface area contributed by atoms with Crippen LogP contribution in [0.15, 0.2) is 6.07 Å². The number of aromatic nitrogens is 2. The molecule has 0 aromatic carbocycles. The van der Waals surface area contributed by atoms with Crippen molar-refractivity contribution in [3.8, 4) is 0 Å². The van der Waals surface area contributed by atoms with Crippen LogP contribution in [0.4, 0.5) is 5.82 Å². The van der Waals surface area contributed by atoms with Crippen molar-refractivity contribution in [2.24, 2.45) is 7.05 Å². The Morgan fingerprint density at radius 2 is 2.25 bits per heavy atom. The first-order chi connectivity index (χ1) is 7.39. The van der Waals surface area contributed by atoms with Crippen LogP contribution < -0.4 is 4.72 Å². The highest BCUT2D eigenvalue weighted by Gasteiger charge is 2.16. The fraction of sp³-hybridized carbons (Fsp3) is 0.500. The summed E-state index contributed by atoms with van der Waals surface area (Å²) in [4.78, 5) is 11.2. The highest BCUT2D eigenvalue weighted by Crippen LogP contribution is 2.11. The van der Waals surface area contributed by atoms with Gasteiger partial charge in [0, 0.05) is 13.1 Å². The van der Waals surface area contributed by atoms with E-state index in [0.29, 0.717) is 0 Å². The zero-order valence-corrected chi connectivity index (χ0v) is 10.0. The summed E-state index contributed by atoms with van der Waals surface area (Å²) in [6, 6.07) is 1.32. The number of carbonyl (C=O) groups excluding carboxylic acids is 1. The van der Waals surface area contributed by atoms with Crippen molar-refractivity contribution in [1.29, 1.82) is 0 Å². The largest absolute Gasteiger partial charge is 0.464 e. The van der Waals surface area contributed by atoms with Crippen molar-refractivity contribution in [2.75, 3.05) is 17.6 Å². The molecule has 1 N–H and O–H groups in total. The molecule has 0 aliphatic carbocycles. The Kier molecular flexibility index (Phi) is 3.53. The number of esters is 1. The van der Waals surface area contributed by atoms with Crippen LogP contribution in [0, 0.1) is 0 Å². The summed E-state index contributed by atoms with van der Waals surface area (Å²) in [6.07, 6.45) is 0. The third kappa shape index (κ3) is 2.72. The highest BCUT2D eigenvalue weighted by atomic mass is 32.2.